The summed E-state index contributed by atoms with van der Waals surface area (Å²) in [4.78, 5) is 21.8. The molecule has 0 aliphatic carbocycles. The molecule has 3 rings (SSSR count). The molecule has 1 saturated heterocycles. The van der Waals surface area contributed by atoms with Crippen molar-refractivity contribution in [3.05, 3.63) is 53.3 Å². The highest BCUT2D eigenvalue weighted by atomic mass is 35.5. The van der Waals surface area contributed by atoms with Crippen LogP contribution in [0.3, 0.4) is 0 Å². The first-order chi connectivity index (χ1) is 10.1. The van der Waals surface area contributed by atoms with Crippen molar-refractivity contribution in [3.8, 4) is 0 Å². The smallest absolute Gasteiger partial charge is 0.417 e. The number of nitrogens with zero attached hydrogens (tertiary/aromatic N) is 3. The van der Waals surface area contributed by atoms with Crippen LogP contribution in [0.1, 0.15) is 18.9 Å². The second-order valence-electron chi connectivity index (χ2n) is 5.05. The lowest BCUT2D eigenvalue weighted by molar-refractivity contribution is 0.00545. The maximum absolute atomic E-state index is 12.3. The van der Waals surface area contributed by atoms with Gasteiger partial charge in [0.25, 0.3) is 0 Å². The molecule has 5 nitrogen and oxygen atoms in total. The first-order valence-corrected chi connectivity index (χ1v) is 7.01. The fourth-order valence-corrected chi connectivity index (χ4v) is 2.48. The Kier molecular flexibility index (Phi) is 3.51. The van der Waals surface area contributed by atoms with Gasteiger partial charge in [0.05, 0.1) is 0 Å². The second kappa shape index (κ2) is 5.33. The third-order valence-corrected chi connectivity index (χ3v) is 3.79. The van der Waals surface area contributed by atoms with Crippen molar-refractivity contribution in [1.29, 1.82) is 0 Å². The number of aromatic nitrogens is 2. The molecule has 108 valence electrons. The van der Waals surface area contributed by atoms with Crippen LogP contribution in [0.25, 0.3) is 0 Å². The fraction of sp³-hybridized carbons (Fsp3) is 0.267. The van der Waals surface area contributed by atoms with Crippen molar-refractivity contribution >= 4 is 23.6 Å². The van der Waals surface area contributed by atoms with Crippen LogP contribution in [-0.4, -0.2) is 22.6 Å². The molecule has 0 N–H and O–H groups in total. The molecule has 1 amide bonds. The highest BCUT2D eigenvalue weighted by molar-refractivity contribution is 6.29. The molecule has 1 aliphatic rings. The number of hydrogen-bond donors (Lipinski definition) is 0. The number of rotatable bonds is 2. The molecular weight excluding hydrogens is 290 g/mol. The van der Waals surface area contributed by atoms with E-state index in [9.17, 15) is 4.79 Å². The number of anilines is 1. The average molecular weight is 304 g/mol. The minimum atomic E-state index is -0.632. The van der Waals surface area contributed by atoms with E-state index in [1.165, 1.54) is 11.1 Å². The lowest BCUT2D eigenvalue weighted by atomic mass is 9.91. The molecule has 2 heterocycles. The first-order valence-electron chi connectivity index (χ1n) is 6.63. The topological polar surface area (TPSA) is 55.3 Å². The van der Waals surface area contributed by atoms with E-state index >= 15 is 0 Å². The van der Waals surface area contributed by atoms with Crippen molar-refractivity contribution in [2.75, 3.05) is 11.4 Å². The van der Waals surface area contributed by atoms with E-state index in [1.54, 1.807) is 6.07 Å². The second-order valence-corrected chi connectivity index (χ2v) is 5.43. The first kappa shape index (κ1) is 13.8. The molecule has 1 aromatic heterocycles. The van der Waals surface area contributed by atoms with Gasteiger partial charge in [-0.15, -0.1) is 0 Å². The van der Waals surface area contributed by atoms with Gasteiger partial charge in [-0.25, -0.2) is 19.7 Å². The Morgan fingerprint density at radius 2 is 2.05 bits per heavy atom. The van der Waals surface area contributed by atoms with Crippen LogP contribution in [0.5, 0.6) is 0 Å². The normalized spacial score (nSPS) is 22.0. The Balaban J connectivity index is 1.83. The van der Waals surface area contributed by atoms with Gasteiger partial charge >= 0.3 is 6.09 Å². The summed E-state index contributed by atoms with van der Waals surface area (Å²) in [7, 11) is 0. The van der Waals surface area contributed by atoms with Crippen LogP contribution in [0.15, 0.2) is 42.6 Å². The molecular formula is C15H14ClN3O2. The third kappa shape index (κ3) is 2.69. The van der Waals surface area contributed by atoms with Crippen molar-refractivity contribution < 1.29 is 9.53 Å². The monoisotopic (exact) mass is 303 g/mol. The van der Waals surface area contributed by atoms with Gasteiger partial charge in [-0.2, -0.15) is 0 Å². The Bertz CT molecular complexity index is 665. The number of halogens is 1. The Morgan fingerprint density at radius 1 is 1.29 bits per heavy atom. The minimum absolute atomic E-state index is 0.266. The van der Waals surface area contributed by atoms with Gasteiger partial charge in [0.1, 0.15) is 10.8 Å². The minimum Gasteiger partial charge on any atom is -0.438 e. The highest BCUT2D eigenvalue weighted by Gasteiger charge is 2.39. The largest absolute Gasteiger partial charge is 0.438 e. The lowest BCUT2D eigenvalue weighted by Crippen LogP contribution is -2.47. The maximum atomic E-state index is 12.3. The van der Waals surface area contributed by atoms with Crippen LogP contribution in [0.4, 0.5) is 10.7 Å². The number of carbonyl (C=O) groups excluding carboxylic acids is 1. The van der Waals surface area contributed by atoms with Crippen molar-refractivity contribution in [3.63, 3.8) is 0 Å². The van der Waals surface area contributed by atoms with E-state index in [1.807, 2.05) is 37.3 Å². The summed E-state index contributed by atoms with van der Waals surface area (Å²) in [6.07, 6.45) is 1.71. The van der Waals surface area contributed by atoms with Gasteiger partial charge in [-0.1, -0.05) is 41.9 Å². The van der Waals surface area contributed by atoms with E-state index in [2.05, 4.69) is 9.97 Å². The Morgan fingerprint density at radius 3 is 2.71 bits per heavy atom. The number of amides is 1. The molecule has 6 heteroatoms. The molecule has 0 radical (unpaired) electrons. The molecule has 0 bridgehead atoms. The van der Waals surface area contributed by atoms with Gasteiger partial charge in [0.2, 0.25) is 5.95 Å². The highest BCUT2D eigenvalue weighted by Crippen LogP contribution is 2.34. The third-order valence-electron chi connectivity index (χ3n) is 3.58. The van der Waals surface area contributed by atoms with Crippen molar-refractivity contribution in [1.82, 2.24) is 9.97 Å². The van der Waals surface area contributed by atoms with Gasteiger partial charge < -0.3 is 4.74 Å². The summed E-state index contributed by atoms with van der Waals surface area (Å²) in [6, 6.07) is 11.3. The van der Waals surface area contributed by atoms with Gasteiger partial charge in [-0.05, 0) is 18.6 Å². The molecule has 0 spiro atoms. The van der Waals surface area contributed by atoms with E-state index in [4.69, 9.17) is 16.3 Å². The standard InChI is InChI=1S/C15H14ClN3O2/c1-15(11-5-3-2-4-6-11)8-10-19(14(20)21-15)13-17-9-7-12(16)18-13/h2-7,9H,8,10H2,1H3. The van der Waals surface area contributed by atoms with Crippen molar-refractivity contribution in [2.45, 2.75) is 18.9 Å². The zero-order valence-electron chi connectivity index (χ0n) is 11.5. The predicted octanol–water partition coefficient (Wildman–Crippen LogP) is 3.39. The molecule has 0 saturated carbocycles. The summed E-state index contributed by atoms with van der Waals surface area (Å²) >= 11 is 5.83. The molecule has 1 aliphatic heterocycles. The van der Waals surface area contributed by atoms with Gasteiger partial charge in [-0.3, -0.25) is 0 Å². The summed E-state index contributed by atoms with van der Waals surface area (Å²) in [6.45, 7) is 2.39. The average Bonchev–Trinajstić information content (AvgIpc) is 2.48. The Hall–Kier alpha value is -2.14. The van der Waals surface area contributed by atoms with E-state index in [0.717, 1.165) is 5.56 Å². The lowest BCUT2D eigenvalue weighted by Gasteiger charge is -2.38. The number of carbonyl (C=O) groups is 1. The quantitative estimate of drug-likeness (QED) is 0.798. The molecule has 21 heavy (non-hydrogen) atoms. The van der Waals surface area contributed by atoms with Crippen LogP contribution in [0, 0.1) is 0 Å². The maximum Gasteiger partial charge on any atom is 0.417 e. The van der Waals surface area contributed by atoms with Crippen LogP contribution >= 0.6 is 11.6 Å². The number of benzene rings is 1. The van der Waals surface area contributed by atoms with Gasteiger partial charge in [0.15, 0.2) is 0 Å². The number of cyclic esters (lactones) is 1. The summed E-state index contributed by atoms with van der Waals surface area (Å²) < 4.78 is 5.63. The van der Waals surface area contributed by atoms with Crippen LogP contribution in [-0.2, 0) is 10.3 Å². The number of hydrogen-bond acceptors (Lipinski definition) is 4. The van der Waals surface area contributed by atoms with Gasteiger partial charge in [0, 0.05) is 19.2 Å². The SMILES string of the molecule is CC1(c2ccccc2)CCN(c2nccc(Cl)n2)C(=O)O1. The van der Waals surface area contributed by atoms with Crippen LogP contribution < -0.4 is 4.90 Å². The van der Waals surface area contributed by atoms with Crippen LogP contribution in [0.2, 0.25) is 5.15 Å². The Labute approximate surface area is 127 Å². The van der Waals surface area contributed by atoms with E-state index in [0.29, 0.717) is 18.1 Å². The zero-order chi connectivity index (χ0) is 14.9. The fourth-order valence-electron chi connectivity index (χ4n) is 2.35. The summed E-state index contributed by atoms with van der Waals surface area (Å²) in [5.74, 6) is 0.266. The van der Waals surface area contributed by atoms with Crippen molar-refractivity contribution in [2.24, 2.45) is 0 Å². The summed E-state index contributed by atoms with van der Waals surface area (Å²) in [5, 5.41) is 0.296. The van der Waals surface area contributed by atoms with E-state index < -0.39 is 11.7 Å². The number of ether oxygens (including phenoxy) is 1. The van der Waals surface area contributed by atoms with E-state index in [-0.39, 0.29) is 5.95 Å². The molecule has 1 aromatic carbocycles. The molecule has 1 atom stereocenters. The molecule has 2 aromatic rings. The summed E-state index contributed by atoms with van der Waals surface area (Å²) in [5.41, 5.74) is 0.345. The zero-order valence-corrected chi connectivity index (χ0v) is 12.2. The molecule has 1 fully saturated rings. The molecule has 1 unspecified atom stereocenters. The predicted molar refractivity (Wildman–Crippen MR) is 79.3 cm³/mol.